The summed E-state index contributed by atoms with van der Waals surface area (Å²) in [6.45, 7) is 7.63. The summed E-state index contributed by atoms with van der Waals surface area (Å²) in [6.07, 6.45) is 2.88. The Balaban J connectivity index is 2.19. The molecule has 0 aromatic rings. The lowest BCUT2D eigenvalue weighted by Gasteiger charge is -2.25. The predicted octanol–water partition coefficient (Wildman–Crippen LogP) is 1.07. The predicted molar refractivity (Wildman–Crippen MR) is 48.5 cm³/mol. The van der Waals surface area contributed by atoms with Gasteiger partial charge in [-0.05, 0) is 32.6 Å². The lowest BCUT2D eigenvalue weighted by Crippen LogP contribution is -2.36. The zero-order chi connectivity index (χ0) is 8.27. The van der Waals surface area contributed by atoms with E-state index in [0.717, 1.165) is 19.0 Å². The van der Waals surface area contributed by atoms with Gasteiger partial charge in [0.1, 0.15) is 0 Å². The van der Waals surface area contributed by atoms with Crippen LogP contribution in [0.15, 0.2) is 0 Å². The van der Waals surface area contributed by atoms with E-state index in [0.29, 0.717) is 6.04 Å². The smallest absolute Gasteiger partial charge is 0.0107 e. The monoisotopic (exact) mass is 156 g/mol. The summed E-state index contributed by atoms with van der Waals surface area (Å²) in [5, 5.41) is 0. The Morgan fingerprint density at radius 2 is 2.09 bits per heavy atom. The molecule has 0 aromatic heterocycles. The van der Waals surface area contributed by atoms with Crippen LogP contribution in [0.3, 0.4) is 0 Å². The molecule has 11 heavy (non-hydrogen) atoms. The van der Waals surface area contributed by atoms with Crippen molar-refractivity contribution in [3.63, 3.8) is 0 Å². The highest BCUT2D eigenvalue weighted by atomic mass is 15.2. The first-order valence-corrected chi connectivity index (χ1v) is 4.68. The molecule has 1 aliphatic carbocycles. The summed E-state index contributed by atoms with van der Waals surface area (Å²) in [5.74, 6) is 0.990. The summed E-state index contributed by atoms with van der Waals surface area (Å²) >= 11 is 0. The quantitative estimate of drug-likeness (QED) is 0.645. The molecular weight excluding hydrogens is 136 g/mol. The molecule has 0 radical (unpaired) electrons. The first-order valence-electron chi connectivity index (χ1n) is 4.68. The average Bonchev–Trinajstić information content (AvgIpc) is 2.70. The second-order valence-electron chi connectivity index (χ2n) is 3.82. The molecular formula is C9H20N2. The lowest BCUT2D eigenvalue weighted by atomic mass is 10.2. The van der Waals surface area contributed by atoms with Crippen LogP contribution in [0.25, 0.3) is 0 Å². The molecule has 0 saturated heterocycles. The van der Waals surface area contributed by atoms with Crippen LogP contribution in [-0.4, -0.2) is 30.6 Å². The van der Waals surface area contributed by atoms with E-state index in [4.69, 9.17) is 5.73 Å². The number of hydrogen-bond donors (Lipinski definition) is 1. The molecule has 2 heteroatoms. The van der Waals surface area contributed by atoms with E-state index in [9.17, 15) is 0 Å². The zero-order valence-corrected chi connectivity index (χ0v) is 7.71. The van der Waals surface area contributed by atoms with E-state index >= 15 is 0 Å². The normalized spacial score (nSPS) is 18.3. The number of hydrogen-bond acceptors (Lipinski definition) is 2. The molecule has 1 rings (SSSR count). The summed E-state index contributed by atoms with van der Waals surface area (Å²) in [6, 6.07) is 0.666. The minimum absolute atomic E-state index is 0.666. The Bertz CT molecular complexity index is 108. The summed E-state index contributed by atoms with van der Waals surface area (Å²) < 4.78 is 0. The second kappa shape index (κ2) is 4.07. The molecule has 0 unspecified atom stereocenters. The SMILES string of the molecule is CC(C)N(CCN)CC1CC1. The van der Waals surface area contributed by atoms with Crippen LogP contribution >= 0.6 is 0 Å². The van der Waals surface area contributed by atoms with Crippen molar-refractivity contribution in [1.29, 1.82) is 0 Å². The van der Waals surface area contributed by atoms with Crippen molar-refractivity contribution in [3.8, 4) is 0 Å². The Morgan fingerprint density at radius 3 is 2.45 bits per heavy atom. The maximum atomic E-state index is 5.52. The molecule has 0 heterocycles. The van der Waals surface area contributed by atoms with Crippen LogP contribution in [0.5, 0.6) is 0 Å². The zero-order valence-electron chi connectivity index (χ0n) is 7.71. The van der Waals surface area contributed by atoms with Crippen molar-refractivity contribution in [2.45, 2.75) is 32.7 Å². The summed E-state index contributed by atoms with van der Waals surface area (Å²) in [5.41, 5.74) is 5.52. The van der Waals surface area contributed by atoms with Crippen LogP contribution in [0, 0.1) is 5.92 Å². The van der Waals surface area contributed by atoms with Crippen LogP contribution in [0.4, 0.5) is 0 Å². The Hall–Kier alpha value is -0.0800. The number of rotatable bonds is 5. The molecule has 1 aliphatic rings. The van der Waals surface area contributed by atoms with Crippen LogP contribution < -0.4 is 5.73 Å². The summed E-state index contributed by atoms with van der Waals surface area (Å²) in [4.78, 5) is 2.48. The van der Waals surface area contributed by atoms with E-state index in [-0.39, 0.29) is 0 Å². The Labute approximate surface area is 69.8 Å². The van der Waals surface area contributed by atoms with E-state index in [2.05, 4.69) is 18.7 Å². The molecule has 0 aromatic carbocycles. The van der Waals surface area contributed by atoms with Gasteiger partial charge in [0.25, 0.3) is 0 Å². The lowest BCUT2D eigenvalue weighted by molar-refractivity contribution is 0.219. The van der Waals surface area contributed by atoms with Gasteiger partial charge in [0, 0.05) is 25.7 Å². The van der Waals surface area contributed by atoms with E-state index < -0.39 is 0 Å². The average molecular weight is 156 g/mol. The van der Waals surface area contributed by atoms with Crippen molar-refractivity contribution < 1.29 is 0 Å². The van der Waals surface area contributed by atoms with Gasteiger partial charge in [-0.25, -0.2) is 0 Å². The molecule has 2 N–H and O–H groups in total. The van der Waals surface area contributed by atoms with Crippen LogP contribution in [0.2, 0.25) is 0 Å². The highest BCUT2D eigenvalue weighted by Gasteiger charge is 2.24. The summed E-state index contributed by atoms with van der Waals surface area (Å²) in [7, 11) is 0. The first-order chi connectivity index (χ1) is 5.24. The van der Waals surface area contributed by atoms with Gasteiger partial charge in [0.15, 0.2) is 0 Å². The third-order valence-electron chi connectivity index (χ3n) is 2.34. The van der Waals surface area contributed by atoms with Gasteiger partial charge < -0.3 is 5.73 Å². The molecule has 0 amide bonds. The van der Waals surface area contributed by atoms with Gasteiger partial charge in [-0.15, -0.1) is 0 Å². The highest BCUT2D eigenvalue weighted by molar-refractivity contribution is 4.78. The van der Waals surface area contributed by atoms with E-state index in [1.54, 1.807) is 0 Å². The van der Waals surface area contributed by atoms with Crippen molar-refractivity contribution in [2.75, 3.05) is 19.6 Å². The van der Waals surface area contributed by atoms with Gasteiger partial charge >= 0.3 is 0 Å². The fourth-order valence-electron chi connectivity index (χ4n) is 1.36. The minimum atomic E-state index is 0.666. The third kappa shape index (κ3) is 3.21. The first kappa shape index (κ1) is 9.01. The maximum Gasteiger partial charge on any atom is 0.0107 e. The Kier molecular flexibility index (Phi) is 3.34. The molecule has 1 saturated carbocycles. The maximum absolute atomic E-state index is 5.52. The van der Waals surface area contributed by atoms with Crippen molar-refractivity contribution >= 4 is 0 Å². The fourth-order valence-corrected chi connectivity index (χ4v) is 1.36. The van der Waals surface area contributed by atoms with Crippen LogP contribution in [0.1, 0.15) is 26.7 Å². The molecule has 66 valence electrons. The highest BCUT2D eigenvalue weighted by Crippen LogP contribution is 2.29. The van der Waals surface area contributed by atoms with E-state index in [1.165, 1.54) is 19.4 Å². The number of nitrogens with two attached hydrogens (primary N) is 1. The van der Waals surface area contributed by atoms with Crippen molar-refractivity contribution in [2.24, 2.45) is 11.7 Å². The second-order valence-corrected chi connectivity index (χ2v) is 3.82. The van der Waals surface area contributed by atoms with E-state index in [1.807, 2.05) is 0 Å². The molecule has 0 atom stereocenters. The van der Waals surface area contributed by atoms with Crippen molar-refractivity contribution in [1.82, 2.24) is 4.90 Å². The standard InChI is InChI=1S/C9H20N2/c1-8(2)11(6-5-10)7-9-3-4-9/h8-9H,3-7,10H2,1-2H3. The Morgan fingerprint density at radius 1 is 1.45 bits per heavy atom. The topological polar surface area (TPSA) is 29.3 Å². The molecule has 2 nitrogen and oxygen atoms in total. The van der Waals surface area contributed by atoms with Gasteiger partial charge in [-0.1, -0.05) is 0 Å². The molecule has 1 fully saturated rings. The molecule has 0 spiro atoms. The van der Waals surface area contributed by atoms with Gasteiger partial charge in [0.05, 0.1) is 0 Å². The van der Waals surface area contributed by atoms with Gasteiger partial charge in [-0.2, -0.15) is 0 Å². The van der Waals surface area contributed by atoms with Gasteiger partial charge in [0.2, 0.25) is 0 Å². The van der Waals surface area contributed by atoms with Crippen molar-refractivity contribution in [3.05, 3.63) is 0 Å². The molecule has 0 aliphatic heterocycles. The third-order valence-corrected chi connectivity index (χ3v) is 2.34. The number of nitrogens with zero attached hydrogens (tertiary/aromatic N) is 1. The largest absolute Gasteiger partial charge is 0.329 e. The van der Waals surface area contributed by atoms with Crippen LogP contribution in [-0.2, 0) is 0 Å². The fraction of sp³-hybridized carbons (Fsp3) is 1.00. The molecule has 0 bridgehead atoms. The minimum Gasteiger partial charge on any atom is -0.329 e. The van der Waals surface area contributed by atoms with Gasteiger partial charge in [-0.3, -0.25) is 4.90 Å².